The first kappa shape index (κ1) is 5.10. The van der Waals surface area contributed by atoms with Gasteiger partial charge in [-0.1, -0.05) is 5.10 Å². The van der Waals surface area contributed by atoms with E-state index in [1.54, 1.807) is 0 Å². The second-order valence-corrected chi connectivity index (χ2v) is 1.56. The van der Waals surface area contributed by atoms with Crippen LogP contribution in [0.25, 0.3) is 6.01 Å². The Bertz CT molecular complexity index is 253. The summed E-state index contributed by atoms with van der Waals surface area (Å²) >= 11 is 0. The summed E-state index contributed by atoms with van der Waals surface area (Å²) in [7, 11) is 0. The number of aromatic nitrogens is 5. The fraction of sp³-hybridized carbons (Fsp3) is 0. The molecular weight excluding hydrogens is 134 g/mol. The molecule has 2 heterocycles. The smallest absolute Gasteiger partial charge is 0.344 e. The molecule has 0 atom stereocenters. The topological polar surface area (TPSA) is 69.6 Å². The van der Waals surface area contributed by atoms with Crippen molar-refractivity contribution in [2.45, 2.75) is 0 Å². The van der Waals surface area contributed by atoms with Crippen molar-refractivity contribution in [3.05, 3.63) is 19.0 Å². The van der Waals surface area contributed by atoms with Crippen molar-refractivity contribution in [1.29, 1.82) is 0 Å². The maximum atomic E-state index is 4.82. The lowest BCUT2D eigenvalue weighted by Gasteiger charge is -1.85. The summed E-state index contributed by atoms with van der Waals surface area (Å²) < 4.78 is 6.20. The summed E-state index contributed by atoms with van der Waals surface area (Å²) in [5, 5.41) is 10.8. The van der Waals surface area contributed by atoms with E-state index in [2.05, 4.69) is 20.3 Å². The van der Waals surface area contributed by atoms with Crippen LogP contribution in [0, 0.1) is 0 Å². The largest absolute Gasteiger partial charge is 0.409 e. The Labute approximate surface area is 55.5 Å². The lowest BCUT2D eigenvalue weighted by atomic mass is 11.1. The van der Waals surface area contributed by atoms with E-state index in [1.165, 1.54) is 23.7 Å². The van der Waals surface area contributed by atoms with E-state index in [9.17, 15) is 0 Å². The minimum atomic E-state index is 0.317. The van der Waals surface area contributed by atoms with Gasteiger partial charge in [0.05, 0.1) is 0 Å². The molecule has 0 bridgehead atoms. The van der Waals surface area contributed by atoms with Crippen molar-refractivity contribution in [1.82, 2.24) is 25.0 Å². The molecule has 50 valence electrons. The van der Waals surface area contributed by atoms with Crippen LogP contribution >= 0.6 is 0 Å². The van der Waals surface area contributed by atoms with Crippen LogP contribution in [-0.4, -0.2) is 25.0 Å². The van der Waals surface area contributed by atoms with Crippen molar-refractivity contribution < 1.29 is 4.42 Å². The molecule has 6 nitrogen and oxygen atoms in total. The first-order valence-electron chi connectivity index (χ1n) is 2.58. The summed E-state index contributed by atoms with van der Waals surface area (Å²) in [5.41, 5.74) is 0. The highest BCUT2D eigenvalue weighted by Crippen LogP contribution is 1.95. The molecular formula is C4H3N5O. The van der Waals surface area contributed by atoms with Gasteiger partial charge in [-0.05, 0) is 0 Å². The van der Waals surface area contributed by atoms with Gasteiger partial charge in [-0.3, -0.25) is 0 Å². The van der Waals surface area contributed by atoms with Crippen LogP contribution in [0.4, 0.5) is 0 Å². The molecule has 2 rings (SSSR count). The van der Waals surface area contributed by atoms with E-state index in [4.69, 9.17) is 4.42 Å². The molecule has 0 N–H and O–H groups in total. The van der Waals surface area contributed by atoms with E-state index in [0.717, 1.165) is 0 Å². The molecule has 2 aromatic heterocycles. The SMILES string of the molecule is c1ncn(-c2nnco2)n1. The van der Waals surface area contributed by atoms with Crippen LogP contribution < -0.4 is 0 Å². The fourth-order valence-electron chi connectivity index (χ4n) is 0.574. The predicted molar refractivity (Wildman–Crippen MR) is 29.2 cm³/mol. The van der Waals surface area contributed by atoms with Gasteiger partial charge in [0.2, 0.25) is 6.39 Å². The average Bonchev–Trinajstić information content (AvgIpc) is 2.59. The molecule has 0 amide bonds. The number of nitrogens with zero attached hydrogens (tertiary/aromatic N) is 5. The van der Waals surface area contributed by atoms with Gasteiger partial charge in [0.1, 0.15) is 12.7 Å². The first-order chi connectivity index (χ1) is 4.97. The molecule has 0 fully saturated rings. The standard InChI is InChI=1S/C4H3N5O/c1-5-2-9(7-1)4-8-6-3-10-4/h1-3H. The summed E-state index contributed by atoms with van der Waals surface area (Å²) in [6.07, 6.45) is 4.11. The van der Waals surface area contributed by atoms with Crippen molar-refractivity contribution in [3.63, 3.8) is 0 Å². The van der Waals surface area contributed by atoms with Crippen LogP contribution in [0.2, 0.25) is 0 Å². The van der Waals surface area contributed by atoms with Gasteiger partial charge in [-0.25, -0.2) is 4.98 Å². The molecule has 0 saturated carbocycles. The third-order valence-electron chi connectivity index (χ3n) is 0.963. The van der Waals surface area contributed by atoms with Crippen LogP contribution in [0.1, 0.15) is 0 Å². The zero-order chi connectivity index (χ0) is 6.81. The van der Waals surface area contributed by atoms with Gasteiger partial charge in [0.15, 0.2) is 0 Å². The lowest BCUT2D eigenvalue weighted by Crippen LogP contribution is -1.93. The number of hydrogen-bond acceptors (Lipinski definition) is 5. The summed E-state index contributed by atoms with van der Waals surface area (Å²) in [6, 6.07) is 0.317. The highest BCUT2D eigenvalue weighted by Gasteiger charge is 1.99. The fourth-order valence-corrected chi connectivity index (χ4v) is 0.574. The average molecular weight is 137 g/mol. The van der Waals surface area contributed by atoms with Crippen LogP contribution in [0.5, 0.6) is 0 Å². The quantitative estimate of drug-likeness (QED) is 0.537. The van der Waals surface area contributed by atoms with E-state index >= 15 is 0 Å². The van der Waals surface area contributed by atoms with Gasteiger partial charge in [0.25, 0.3) is 0 Å². The van der Waals surface area contributed by atoms with Crippen LogP contribution in [0.15, 0.2) is 23.5 Å². The summed E-state index contributed by atoms with van der Waals surface area (Å²) in [6.45, 7) is 0. The lowest BCUT2D eigenvalue weighted by molar-refractivity contribution is 0.507. The molecule has 0 aliphatic rings. The van der Waals surface area contributed by atoms with Crippen molar-refractivity contribution in [2.75, 3.05) is 0 Å². The maximum Gasteiger partial charge on any atom is 0.344 e. The van der Waals surface area contributed by atoms with E-state index < -0.39 is 0 Å². The number of hydrogen-bond donors (Lipinski definition) is 0. The molecule has 2 aromatic rings. The van der Waals surface area contributed by atoms with Gasteiger partial charge in [-0.15, -0.1) is 5.10 Å². The van der Waals surface area contributed by atoms with E-state index in [0.29, 0.717) is 6.01 Å². The Hall–Kier alpha value is -1.72. The van der Waals surface area contributed by atoms with Crippen LogP contribution in [-0.2, 0) is 0 Å². The Balaban J connectivity index is 2.48. The maximum absolute atomic E-state index is 4.82. The monoisotopic (exact) mass is 137 g/mol. The second-order valence-electron chi connectivity index (χ2n) is 1.56. The van der Waals surface area contributed by atoms with Crippen molar-refractivity contribution in [2.24, 2.45) is 0 Å². The zero-order valence-electron chi connectivity index (χ0n) is 4.88. The molecule has 0 radical (unpaired) electrons. The molecule has 0 spiro atoms. The highest BCUT2D eigenvalue weighted by molar-refractivity contribution is 4.94. The molecule has 6 heteroatoms. The molecule has 0 unspecified atom stereocenters. The molecule has 10 heavy (non-hydrogen) atoms. The van der Waals surface area contributed by atoms with E-state index in [-0.39, 0.29) is 0 Å². The van der Waals surface area contributed by atoms with Crippen LogP contribution in [0.3, 0.4) is 0 Å². The Morgan fingerprint density at radius 3 is 3.10 bits per heavy atom. The first-order valence-corrected chi connectivity index (χ1v) is 2.58. The molecule has 0 aliphatic heterocycles. The Kier molecular flexibility index (Phi) is 0.970. The molecule has 0 saturated heterocycles. The second kappa shape index (κ2) is 1.90. The number of rotatable bonds is 1. The highest BCUT2D eigenvalue weighted by atomic mass is 16.4. The zero-order valence-corrected chi connectivity index (χ0v) is 4.88. The van der Waals surface area contributed by atoms with Crippen molar-refractivity contribution >= 4 is 0 Å². The minimum Gasteiger partial charge on any atom is -0.409 e. The third kappa shape index (κ3) is 0.661. The molecule has 0 aliphatic carbocycles. The van der Waals surface area contributed by atoms with Gasteiger partial charge in [0, 0.05) is 0 Å². The van der Waals surface area contributed by atoms with Crippen molar-refractivity contribution in [3.8, 4) is 6.01 Å². The predicted octanol–water partition coefficient (Wildman–Crippen LogP) is -0.350. The Morgan fingerprint density at radius 1 is 1.50 bits per heavy atom. The van der Waals surface area contributed by atoms with Gasteiger partial charge < -0.3 is 4.42 Å². The van der Waals surface area contributed by atoms with Gasteiger partial charge >= 0.3 is 6.01 Å². The summed E-state index contributed by atoms with van der Waals surface area (Å²) in [5.74, 6) is 0. The van der Waals surface area contributed by atoms with E-state index in [1.807, 2.05) is 0 Å². The normalized spacial score (nSPS) is 10.0. The molecule has 0 aromatic carbocycles. The third-order valence-corrected chi connectivity index (χ3v) is 0.963. The summed E-state index contributed by atoms with van der Waals surface area (Å²) in [4.78, 5) is 3.70. The minimum absolute atomic E-state index is 0.317. The van der Waals surface area contributed by atoms with Gasteiger partial charge in [-0.2, -0.15) is 9.78 Å². The Morgan fingerprint density at radius 2 is 2.50 bits per heavy atom.